The van der Waals surface area contributed by atoms with Crippen molar-refractivity contribution in [2.75, 3.05) is 32.7 Å². The second-order valence-electron chi connectivity index (χ2n) is 7.05. The van der Waals surface area contributed by atoms with Gasteiger partial charge in [0.05, 0.1) is 38.3 Å². The molecule has 3 rings (SSSR count). The van der Waals surface area contributed by atoms with Crippen molar-refractivity contribution in [2.45, 2.75) is 12.7 Å². The van der Waals surface area contributed by atoms with E-state index in [1.165, 1.54) is 12.1 Å². The Labute approximate surface area is 167 Å². The zero-order valence-electron chi connectivity index (χ0n) is 15.8. The zero-order chi connectivity index (χ0) is 20.9. The summed E-state index contributed by atoms with van der Waals surface area (Å²) in [5, 5.41) is 2.62. The average molecular weight is 406 g/mol. The van der Waals surface area contributed by atoms with Crippen LogP contribution < -0.4 is 10.2 Å². The van der Waals surface area contributed by atoms with Gasteiger partial charge in [-0.3, -0.25) is 9.59 Å². The summed E-state index contributed by atoms with van der Waals surface area (Å²) in [6.45, 7) is 2.72. The first kappa shape index (κ1) is 20.9. The van der Waals surface area contributed by atoms with Crippen molar-refractivity contribution < 1.29 is 27.7 Å². The fourth-order valence-electron chi connectivity index (χ4n) is 3.35. The molecule has 1 aliphatic rings. The highest BCUT2D eigenvalue weighted by atomic mass is 19.4. The maximum Gasteiger partial charge on any atom is 0.416 e. The molecule has 1 heterocycles. The van der Waals surface area contributed by atoms with Gasteiger partial charge in [0.25, 0.3) is 5.91 Å². The number of nitrogens with zero attached hydrogens (tertiary/aromatic N) is 1. The minimum atomic E-state index is -4.35. The third kappa shape index (κ3) is 5.80. The Balaban J connectivity index is 1.45. The summed E-state index contributed by atoms with van der Waals surface area (Å²) < 4.78 is 38.5. The number of hydrogen-bond acceptors (Lipinski definition) is 2. The lowest BCUT2D eigenvalue weighted by molar-refractivity contribution is -0.917. The van der Waals surface area contributed by atoms with E-state index in [0.29, 0.717) is 43.9 Å². The molecular formula is C21H23F3N3O2+. The first-order valence-corrected chi connectivity index (χ1v) is 9.43. The molecule has 1 aliphatic heterocycles. The summed E-state index contributed by atoms with van der Waals surface area (Å²) in [5.74, 6) is -0.458. The molecule has 29 heavy (non-hydrogen) atoms. The van der Waals surface area contributed by atoms with E-state index in [0.717, 1.165) is 11.0 Å². The van der Waals surface area contributed by atoms with E-state index in [1.54, 1.807) is 35.2 Å². The normalized spacial score (nSPS) is 15.2. The molecule has 0 aliphatic carbocycles. The van der Waals surface area contributed by atoms with Crippen molar-refractivity contribution in [3.05, 3.63) is 71.3 Å². The van der Waals surface area contributed by atoms with Crippen LogP contribution in [0.1, 0.15) is 21.5 Å². The van der Waals surface area contributed by atoms with Gasteiger partial charge in [0.15, 0.2) is 0 Å². The van der Waals surface area contributed by atoms with Crippen LogP contribution >= 0.6 is 0 Å². The highest BCUT2D eigenvalue weighted by Gasteiger charge is 2.31. The highest BCUT2D eigenvalue weighted by Crippen LogP contribution is 2.29. The average Bonchev–Trinajstić information content (AvgIpc) is 2.72. The first-order valence-electron chi connectivity index (χ1n) is 9.43. The molecule has 0 bridgehead atoms. The van der Waals surface area contributed by atoms with E-state index in [9.17, 15) is 22.8 Å². The van der Waals surface area contributed by atoms with Gasteiger partial charge in [0.1, 0.15) is 6.54 Å². The second-order valence-corrected chi connectivity index (χ2v) is 7.05. The molecule has 5 nitrogen and oxygen atoms in total. The second kappa shape index (κ2) is 9.09. The Morgan fingerprint density at radius 2 is 1.69 bits per heavy atom. The third-order valence-electron chi connectivity index (χ3n) is 4.97. The number of carbonyl (C=O) groups is 2. The summed E-state index contributed by atoms with van der Waals surface area (Å²) in [6, 6.07) is 14.0. The maximum absolute atomic E-state index is 12.8. The Kier molecular flexibility index (Phi) is 6.53. The molecule has 0 spiro atoms. The van der Waals surface area contributed by atoms with Crippen LogP contribution in [0.25, 0.3) is 0 Å². The largest absolute Gasteiger partial charge is 0.416 e. The number of piperazine rings is 1. The molecule has 8 heteroatoms. The molecule has 0 unspecified atom stereocenters. The number of alkyl halides is 3. The number of amides is 2. The summed E-state index contributed by atoms with van der Waals surface area (Å²) in [7, 11) is 0. The first-order chi connectivity index (χ1) is 13.8. The van der Waals surface area contributed by atoms with Gasteiger partial charge in [0, 0.05) is 11.1 Å². The van der Waals surface area contributed by atoms with Gasteiger partial charge in [-0.05, 0) is 24.3 Å². The van der Waals surface area contributed by atoms with Gasteiger partial charge < -0.3 is 15.1 Å². The molecule has 0 aromatic heterocycles. The molecule has 0 atom stereocenters. The lowest BCUT2D eigenvalue weighted by atomic mass is 10.1. The molecule has 2 amide bonds. The minimum Gasteiger partial charge on any atom is -0.343 e. The fourth-order valence-corrected chi connectivity index (χ4v) is 3.35. The van der Waals surface area contributed by atoms with Crippen molar-refractivity contribution in [1.29, 1.82) is 0 Å². The van der Waals surface area contributed by atoms with Gasteiger partial charge >= 0.3 is 6.18 Å². The third-order valence-corrected chi connectivity index (χ3v) is 4.97. The number of nitrogens with one attached hydrogen (secondary N) is 2. The lowest BCUT2D eigenvalue weighted by Crippen LogP contribution is -3.13. The molecule has 2 N–H and O–H groups in total. The van der Waals surface area contributed by atoms with Crippen LogP contribution in [-0.4, -0.2) is 49.4 Å². The Morgan fingerprint density at radius 3 is 2.34 bits per heavy atom. The predicted octanol–water partition coefficient (Wildman–Crippen LogP) is 1.36. The number of quaternary nitrogens is 1. The molecule has 2 aromatic rings. The van der Waals surface area contributed by atoms with Crippen LogP contribution in [-0.2, 0) is 17.5 Å². The Morgan fingerprint density at radius 1 is 1.00 bits per heavy atom. The molecule has 0 saturated carbocycles. The molecule has 2 aromatic carbocycles. The van der Waals surface area contributed by atoms with Gasteiger partial charge in [-0.25, -0.2) is 0 Å². The molecule has 0 radical (unpaired) electrons. The van der Waals surface area contributed by atoms with E-state index >= 15 is 0 Å². The molecule has 1 fully saturated rings. The van der Waals surface area contributed by atoms with Gasteiger partial charge in [0.2, 0.25) is 5.91 Å². The van der Waals surface area contributed by atoms with E-state index in [2.05, 4.69) is 5.32 Å². The number of benzene rings is 2. The lowest BCUT2D eigenvalue weighted by Gasteiger charge is -2.32. The van der Waals surface area contributed by atoms with Gasteiger partial charge in [-0.2, -0.15) is 13.2 Å². The Bertz CT molecular complexity index is 848. The number of carbonyl (C=O) groups excluding carboxylic acids is 2. The smallest absolute Gasteiger partial charge is 0.343 e. The van der Waals surface area contributed by atoms with Crippen LogP contribution in [0.4, 0.5) is 13.2 Å². The molecule has 154 valence electrons. The van der Waals surface area contributed by atoms with E-state index < -0.39 is 11.7 Å². The van der Waals surface area contributed by atoms with Gasteiger partial charge in [-0.1, -0.05) is 30.3 Å². The Hall–Kier alpha value is -2.87. The van der Waals surface area contributed by atoms with Crippen molar-refractivity contribution in [1.82, 2.24) is 10.2 Å². The topological polar surface area (TPSA) is 53.9 Å². The number of rotatable bonds is 5. The van der Waals surface area contributed by atoms with Crippen LogP contribution in [0, 0.1) is 0 Å². The van der Waals surface area contributed by atoms with Crippen molar-refractivity contribution >= 4 is 11.8 Å². The van der Waals surface area contributed by atoms with Crippen LogP contribution in [0.15, 0.2) is 54.6 Å². The summed E-state index contributed by atoms with van der Waals surface area (Å²) in [4.78, 5) is 27.2. The predicted molar refractivity (Wildman–Crippen MR) is 101 cm³/mol. The quantitative estimate of drug-likeness (QED) is 0.788. The van der Waals surface area contributed by atoms with Gasteiger partial charge in [-0.15, -0.1) is 0 Å². The fraction of sp³-hybridized carbons (Fsp3) is 0.333. The monoisotopic (exact) mass is 406 g/mol. The highest BCUT2D eigenvalue weighted by molar-refractivity contribution is 5.96. The number of hydrogen-bond donors (Lipinski definition) is 2. The van der Waals surface area contributed by atoms with Crippen LogP contribution in [0.2, 0.25) is 0 Å². The van der Waals surface area contributed by atoms with Crippen LogP contribution in [0.3, 0.4) is 0 Å². The minimum absolute atomic E-state index is 0.0727. The SMILES string of the molecule is O=C(NCC(=O)N1CC[NH+](Cc2cccc(C(F)(F)F)c2)CC1)c1ccccc1. The van der Waals surface area contributed by atoms with E-state index in [1.807, 2.05) is 6.07 Å². The molecular weight excluding hydrogens is 383 g/mol. The summed E-state index contributed by atoms with van der Waals surface area (Å²) >= 11 is 0. The van der Waals surface area contributed by atoms with Crippen molar-refractivity contribution in [3.63, 3.8) is 0 Å². The maximum atomic E-state index is 12.8. The van der Waals surface area contributed by atoms with Crippen LogP contribution in [0.5, 0.6) is 0 Å². The summed E-state index contributed by atoms with van der Waals surface area (Å²) in [5.41, 5.74) is 0.484. The molecule has 1 saturated heterocycles. The van der Waals surface area contributed by atoms with E-state index in [-0.39, 0.29) is 18.4 Å². The van der Waals surface area contributed by atoms with Crippen molar-refractivity contribution in [2.24, 2.45) is 0 Å². The van der Waals surface area contributed by atoms with Crippen molar-refractivity contribution in [3.8, 4) is 0 Å². The number of halogens is 3. The van der Waals surface area contributed by atoms with E-state index in [4.69, 9.17) is 0 Å². The zero-order valence-corrected chi connectivity index (χ0v) is 15.8. The standard InChI is InChI=1S/C21H22F3N3O2/c22-21(23,24)18-8-4-5-16(13-18)15-26-9-11-27(12-10-26)19(28)14-25-20(29)17-6-2-1-3-7-17/h1-8,13H,9-12,14-15H2,(H,25,29)/p+1. The summed E-state index contributed by atoms with van der Waals surface area (Å²) in [6.07, 6.45) is -4.35.